The summed E-state index contributed by atoms with van der Waals surface area (Å²) >= 11 is 1.67. The van der Waals surface area contributed by atoms with Crippen LogP contribution >= 0.6 is 11.8 Å². The molecule has 0 amide bonds. The summed E-state index contributed by atoms with van der Waals surface area (Å²) in [7, 11) is 0. The summed E-state index contributed by atoms with van der Waals surface area (Å²) in [6.45, 7) is 4.91. The summed E-state index contributed by atoms with van der Waals surface area (Å²) in [4.78, 5) is 5.76. The van der Waals surface area contributed by atoms with Crippen molar-refractivity contribution in [1.82, 2.24) is 5.32 Å². The first kappa shape index (κ1) is 17.1. The van der Waals surface area contributed by atoms with Crippen LogP contribution in [0.3, 0.4) is 0 Å². The zero-order chi connectivity index (χ0) is 18.1. The van der Waals surface area contributed by atoms with Crippen molar-refractivity contribution in [2.24, 2.45) is 4.99 Å². The predicted octanol–water partition coefficient (Wildman–Crippen LogP) is 5.40. The lowest BCUT2D eigenvalue weighted by Gasteiger charge is -2.19. The van der Waals surface area contributed by atoms with Gasteiger partial charge in [-0.25, -0.2) is 4.39 Å². The molecule has 4 rings (SSSR count). The van der Waals surface area contributed by atoms with Gasteiger partial charge in [0.05, 0.1) is 12.1 Å². The third kappa shape index (κ3) is 3.34. The smallest absolute Gasteiger partial charge is 0.129 e. The molecular weight excluding hydrogens is 343 g/mol. The Bertz CT molecular complexity index is 989. The van der Waals surface area contributed by atoms with E-state index in [1.807, 2.05) is 18.2 Å². The normalized spacial score (nSPS) is 15.7. The Morgan fingerprint density at radius 2 is 1.81 bits per heavy atom. The summed E-state index contributed by atoms with van der Waals surface area (Å²) in [5, 5.41) is 5.82. The maximum Gasteiger partial charge on any atom is 0.129 e. The van der Waals surface area contributed by atoms with Crippen molar-refractivity contribution in [3.63, 3.8) is 0 Å². The standard InChI is InChI=1S/C22H21FN2S/c1-22(2)14-24-21(25-22)17-10-6-11-19(23)18(17)13-26-20-12-5-8-15-7-3-4-9-16(15)20/h3-12H,13-14H2,1-2H3,(H,24,25). The number of hydrogen-bond donors (Lipinski definition) is 1. The van der Waals surface area contributed by atoms with Gasteiger partial charge in [0.1, 0.15) is 11.7 Å². The minimum absolute atomic E-state index is 0.0817. The van der Waals surface area contributed by atoms with E-state index in [0.717, 1.165) is 11.4 Å². The van der Waals surface area contributed by atoms with Crippen molar-refractivity contribution in [1.29, 1.82) is 0 Å². The molecule has 3 aromatic carbocycles. The third-order valence-corrected chi connectivity index (χ3v) is 5.68. The summed E-state index contributed by atoms with van der Waals surface area (Å²) in [6, 6.07) is 19.8. The molecule has 0 radical (unpaired) electrons. The Kier molecular flexibility index (Phi) is 4.45. The van der Waals surface area contributed by atoms with Gasteiger partial charge in [-0.1, -0.05) is 48.5 Å². The van der Waals surface area contributed by atoms with Crippen LogP contribution in [0.25, 0.3) is 10.8 Å². The van der Waals surface area contributed by atoms with Crippen LogP contribution in [0, 0.1) is 5.82 Å². The van der Waals surface area contributed by atoms with Gasteiger partial charge in [-0.05, 0) is 36.8 Å². The lowest BCUT2D eigenvalue weighted by Crippen LogP contribution is -2.40. The molecule has 0 spiro atoms. The molecular formula is C22H21FN2S. The Balaban J connectivity index is 1.65. The lowest BCUT2D eigenvalue weighted by atomic mass is 10.1. The first-order valence-electron chi connectivity index (χ1n) is 8.74. The zero-order valence-electron chi connectivity index (χ0n) is 14.9. The Morgan fingerprint density at radius 1 is 1.04 bits per heavy atom. The molecule has 1 heterocycles. The fraction of sp³-hybridized carbons (Fsp3) is 0.227. The Morgan fingerprint density at radius 3 is 2.62 bits per heavy atom. The maximum atomic E-state index is 14.6. The van der Waals surface area contributed by atoms with Crippen molar-refractivity contribution < 1.29 is 4.39 Å². The van der Waals surface area contributed by atoms with Crippen LogP contribution < -0.4 is 5.32 Å². The topological polar surface area (TPSA) is 24.4 Å². The first-order chi connectivity index (χ1) is 12.5. The highest BCUT2D eigenvalue weighted by atomic mass is 32.2. The van der Waals surface area contributed by atoms with E-state index in [0.29, 0.717) is 17.9 Å². The number of benzene rings is 3. The molecule has 26 heavy (non-hydrogen) atoms. The predicted molar refractivity (Wildman–Crippen MR) is 109 cm³/mol. The number of amidine groups is 1. The summed E-state index contributed by atoms with van der Waals surface area (Å²) in [6.07, 6.45) is 0. The van der Waals surface area contributed by atoms with E-state index in [-0.39, 0.29) is 11.4 Å². The molecule has 3 aromatic rings. The average molecular weight is 364 g/mol. The molecule has 0 atom stereocenters. The van der Waals surface area contributed by atoms with Crippen molar-refractivity contribution in [2.75, 3.05) is 6.54 Å². The van der Waals surface area contributed by atoms with Crippen LogP contribution in [0.5, 0.6) is 0 Å². The van der Waals surface area contributed by atoms with Gasteiger partial charge in [-0.15, -0.1) is 11.8 Å². The van der Waals surface area contributed by atoms with Crippen molar-refractivity contribution in [2.45, 2.75) is 30.0 Å². The zero-order valence-corrected chi connectivity index (χ0v) is 15.7. The number of nitrogens with zero attached hydrogens (tertiary/aromatic N) is 1. The number of rotatable bonds is 4. The Labute approximate surface area is 157 Å². The molecule has 4 heteroatoms. The van der Waals surface area contributed by atoms with Gasteiger partial charge in [0, 0.05) is 21.8 Å². The highest BCUT2D eigenvalue weighted by Gasteiger charge is 2.27. The highest BCUT2D eigenvalue weighted by molar-refractivity contribution is 7.98. The maximum absolute atomic E-state index is 14.6. The van der Waals surface area contributed by atoms with Crippen LogP contribution in [0.1, 0.15) is 25.0 Å². The number of fused-ring (bicyclic) bond motifs is 1. The molecule has 132 valence electrons. The van der Waals surface area contributed by atoms with Gasteiger partial charge in [-0.3, -0.25) is 4.99 Å². The van der Waals surface area contributed by atoms with Crippen LogP contribution in [0.15, 0.2) is 70.6 Å². The van der Waals surface area contributed by atoms with Gasteiger partial charge < -0.3 is 5.32 Å². The quantitative estimate of drug-likeness (QED) is 0.627. The molecule has 0 aromatic heterocycles. The van der Waals surface area contributed by atoms with E-state index < -0.39 is 0 Å². The average Bonchev–Trinajstić information content (AvgIpc) is 3.00. The van der Waals surface area contributed by atoms with E-state index in [1.165, 1.54) is 21.7 Å². The summed E-state index contributed by atoms with van der Waals surface area (Å²) in [5.74, 6) is 1.18. The van der Waals surface area contributed by atoms with Crippen LogP contribution in [0.4, 0.5) is 4.39 Å². The van der Waals surface area contributed by atoms with E-state index in [4.69, 9.17) is 0 Å². The highest BCUT2D eigenvalue weighted by Crippen LogP contribution is 2.32. The molecule has 1 N–H and O–H groups in total. The summed E-state index contributed by atoms with van der Waals surface area (Å²) in [5.41, 5.74) is 1.49. The second-order valence-corrected chi connectivity index (χ2v) is 8.22. The SMILES string of the molecule is CC1(C)CN=C(c2cccc(F)c2CSc2cccc3ccccc23)N1. The molecule has 1 aliphatic rings. The van der Waals surface area contributed by atoms with E-state index in [2.05, 4.69) is 54.5 Å². The van der Waals surface area contributed by atoms with Gasteiger partial charge in [-0.2, -0.15) is 0 Å². The van der Waals surface area contributed by atoms with Crippen LogP contribution in [0.2, 0.25) is 0 Å². The van der Waals surface area contributed by atoms with E-state index >= 15 is 0 Å². The van der Waals surface area contributed by atoms with Gasteiger partial charge in [0.2, 0.25) is 0 Å². The first-order valence-corrected chi connectivity index (χ1v) is 9.73. The van der Waals surface area contributed by atoms with Crippen molar-refractivity contribution in [3.8, 4) is 0 Å². The second kappa shape index (κ2) is 6.76. The molecule has 2 nitrogen and oxygen atoms in total. The van der Waals surface area contributed by atoms with Crippen LogP contribution in [-0.2, 0) is 5.75 Å². The van der Waals surface area contributed by atoms with Crippen molar-refractivity contribution >= 4 is 28.4 Å². The van der Waals surface area contributed by atoms with Crippen LogP contribution in [-0.4, -0.2) is 17.9 Å². The molecule has 0 fully saturated rings. The van der Waals surface area contributed by atoms with E-state index in [1.54, 1.807) is 17.8 Å². The van der Waals surface area contributed by atoms with Gasteiger partial charge in [0.25, 0.3) is 0 Å². The minimum atomic E-state index is -0.176. The third-order valence-electron chi connectivity index (χ3n) is 4.58. The fourth-order valence-corrected chi connectivity index (χ4v) is 4.34. The number of halogens is 1. The molecule has 0 saturated heterocycles. The molecule has 0 aliphatic carbocycles. The van der Waals surface area contributed by atoms with E-state index in [9.17, 15) is 4.39 Å². The monoisotopic (exact) mass is 364 g/mol. The van der Waals surface area contributed by atoms with Gasteiger partial charge >= 0.3 is 0 Å². The molecule has 0 saturated carbocycles. The fourth-order valence-electron chi connectivity index (χ4n) is 3.23. The number of hydrogen-bond acceptors (Lipinski definition) is 3. The summed E-state index contributed by atoms with van der Waals surface area (Å²) < 4.78 is 14.6. The molecule has 0 unspecified atom stereocenters. The number of nitrogens with one attached hydrogen (secondary N) is 1. The minimum Gasteiger partial charge on any atom is -0.363 e. The Hall–Kier alpha value is -2.33. The van der Waals surface area contributed by atoms with Gasteiger partial charge in [0.15, 0.2) is 0 Å². The number of thioether (sulfide) groups is 1. The number of aliphatic imine (C=N–C) groups is 1. The lowest BCUT2D eigenvalue weighted by molar-refractivity contribution is 0.506. The molecule has 1 aliphatic heterocycles. The second-order valence-electron chi connectivity index (χ2n) is 7.21. The largest absolute Gasteiger partial charge is 0.363 e. The molecule has 0 bridgehead atoms. The van der Waals surface area contributed by atoms with Crippen molar-refractivity contribution in [3.05, 3.63) is 77.6 Å².